The zero-order valence-corrected chi connectivity index (χ0v) is 79.1. The maximum absolute atomic E-state index is 1.99. The van der Waals surface area contributed by atoms with Crippen LogP contribution in [0.3, 0.4) is 0 Å². The molecule has 0 nitrogen and oxygen atoms in total. The predicted octanol–water partition coefficient (Wildman–Crippen LogP) is 11.8. The molecule has 126 rings (SSSR count). The number of hydrogen-bond donors (Lipinski definition) is 0. The Bertz CT molecular complexity index is 12900. The lowest BCUT2D eigenvalue weighted by Gasteiger charge is -3.88. The fourth-order valence-corrected chi connectivity index (χ4v) is 200. The molecule has 0 aromatic rings. The van der Waals surface area contributed by atoms with Gasteiger partial charge in [-0.3, -0.25) is 0 Å². The number of hydrogen-bond acceptors (Lipinski definition) is 0. The average molecular weight is 1850 g/mol. The first-order valence-corrected chi connectivity index (χ1v) is 74.8. The Hall–Kier alpha value is 0. The Morgan fingerprint density at radius 2 is 0.127 bits per heavy atom. The second kappa shape index (κ2) is 5.74. The van der Waals surface area contributed by atoms with Crippen molar-refractivity contribution in [1.82, 2.24) is 0 Å². The SMILES string of the molecule is C1C2C3C4C5C6C7C8C9CC%10C%11C%12C%13C%14C%15C%16C%17C%18C%19C%20C%21C%22CC%23C%24C%25C%26C%27C%28C%29C%30CC%31C%32C%33C%34C%35C%36C%37C%38C%39C%40C%41C%42C1C21C32C43C54C65C76C87C9%10C%118C%129C%13%10C%14%11C%15%12C%16%13C%17%14C%18%15C%19%16C%20%17C%21%18C%23%22C%24%19C%25%20C%26%21C%27%22C%28%23C%29%24C%30%31C%32%25C%33%26C%34%27C%35%28C%36%29C%37%30C%38%31C%39%32C%40%33C%41%34C%421C21C32C43C54C65C78C96C%107C%118C%129C%13%10C%14%11C%15%12C%16%13C%17%14C%19%18C%20%15C%21%16C%22%17C%23%18C%24%25C%26%19C%27%20C%28%21C%29%22C%30%23C%31%24C%32%25C%33%26C%341C21C32C43C56C74C85C96C%107C%118C%129C%13%10C%15%14C%16%11C%17%12C%18%19C%20%13C%21%14C%22%15C%23%16C%24%17C%25%18C%261C21C34C52C%181C%171C62C72C83C94C%11%10C%12%13C%144C%153C%1612. The van der Waals surface area contributed by atoms with Crippen LogP contribution in [0.15, 0.2) is 0 Å². The Kier molecular flexibility index (Phi) is 1.69. The summed E-state index contributed by atoms with van der Waals surface area (Å²) in [5, 5.41) is 0. The van der Waals surface area contributed by atoms with Crippen molar-refractivity contribution < 1.29 is 0 Å². The summed E-state index contributed by atoms with van der Waals surface area (Å²) in [7, 11) is 0. The van der Waals surface area contributed by atoms with Gasteiger partial charge in [-0.05, 0) is 837 Å². The van der Waals surface area contributed by atoms with Crippen LogP contribution < -0.4 is 0 Å². The third-order valence-electron chi connectivity index (χ3n) is 147. The van der Waals surface area contributed by atoms with E-state index in [9.17, 15) is 0 Å². The van der Waals surface area contributed by atoms with Crippen molar-refractivity contribution in [3.8, 4) is 0 Å². The molecule has 126 fully saturated rings. The van der Waals surface area contributed by atoms with Gasteiger partial charge in [0.2, 0.25) is 0 Å². The van der Waals surface area contributed by atoms with E-state index in [1.807, 2.05) is 25.7 Å². The van der Waals surface area contributed by atoms with Crippen LogP contribution >= 0.6 is 0 Å². The summed E-state index contributed by atoms with van der Waals surface area (Å²) in [5.74, 6) is 62.4. The van der Waals surface area contributed by atoms with E-state index in [4.69, 9.17) is 0 Å². The van der Waals surface area contributed by atoms with E-state index < -0.39 is 0 Å². The minimum atomic E-state index is 1.12. The molecule has 0 aromatic carbocycles. The van der Waals surface area contributed by atoms with Gasteiger partial charge in [0.25, 0.3) is 0 Å². The van der Waals surface area contributed by atoms with Crippen LogP contribution in [-0.2, 0) is 0 Å². The summed E-state index contributed by atoms with van der Waals surface area (Å²) in [4.78, 5) is 0. The van der Waals surface area contributed by atoms with Crippen molar-refractivity contribution in [1.29, 1.82) is 0 Å². The normalized spacial score (nSPS) is 164. The Morgan fingerprint density at radius 1 is 0.0600 bits per heavy atom. The fraction of sp³-hybridized carbons (Fsp3) is 1.00. The summed E-state index contributed by atoms with van der Waals surface area (Å²) in [6.45, 7) is 0. The molecule has 126 aliphatic rings. The molecule has 150 heavy (non-hydrogen) atoms. The minimum absolute atomic E-state index is 1.12. The van der Waals surface area contributed by atoms with E-state index in [0.717, 1.165) is 227 Å². The Morgan fingerprint density at radius 3 is 0.227 bits per heavy atom. The topological polar surface area (TPSA) is 0 Å². The maximum Gasteiger partial charge on any atom is -0.000000205 e. The molecule has 650 valence electrons. The van der Waals surface area contributed by atoms with Gasteiger partial charge in [0, 0.05) is 0 Å². The van der Waals surface area contributed by atoms with E-state index in [-0.39, 0.29) is 0 Å². The lowest BCUT2D eigenvalue weighted by molar-refractivity contribution is -1.06. The van der Waals surface area contributed by atoms with Gasteiger partial charge < -0.3 is 0 Å². The van der Waals surface area contributed by atoms with Crippen molar-refractivity contribution >= 4 is 0 Å². The lowest BCUT2D eigenvalue weighted by Crippen LogP contribution is -3.81. The highest BCUT2D eigenvalue weighted by Crippen LogP contribution is 4.06. The monoisotopic (exact) mass is 1850 g/mol. The molecule has 126 saturated carbocycles. The molecule has 0 aliphatic heterocycles. The molecular formula is C150H50. The predicted molar refractivity (Wildman–Crippen MR) is 468 cm³/mol. The molecule has 0 heteroatoms. The smallest absolute Gasteiger partial charge is 0.000000205 e. The van der Waals surface area contributed by atoms with E-state index in [1.54, 1.807) is 0 Å². The van der Waals surface area contributed by atoms with Crippen molar-refractivity contribution in [3.63, 3.8) is 0 Å². The fourth-order valence-electron chi connectivity index (χ4n) is 200. The van der Waals surface area contributed by atoms with Gasteiger partial charge in [0.1, 0.15) is 0 Å². The van der Waals surface area contributed by atoms with Gasteiger partial charge in [0.05, 0.1) is 0 Å². The third kappa shape index (κ3) is 0.723. The van der Waals surface area contributed by atoms with Crippen molar-refractivity contribution in [2.24, 2.45) is 476 Å². The highest BCUT2D eigenvalue weighted by atomic mass is 16.0. The molecular weight excluding hydrogens is 1800 g/mol. The largest absolute Gasteiger partial charge is 0.0458 e. The molecule has 0 bridgehead atoms. The number of rotatable bonds is 0. The standard InChI is InChI=1S/C150H50/c1-5-13-21-29-30-22-14-6-2-10-18-27-35-39-43-46-44-40-36-28-20-12-4-8-16-24-32-31-23-15-7-3-11-19-26-34-38-42-45-41-37-33-25-17-9(1)47(5)51(13)59(21)67(29)68(30)60(22)52(14)48(6,10)56(18)64(27)73(35)77(39)81(43)84(46)82(44)78(40)74(36)66(28)58(20)50(8,12)54(16)62(24)70(32)69(31)61(23)53(15)49(7,11)57(19)65(26)72(34)76(38)80(42)83(45)79(41)75(37)71(33)63(25)55(17,47)85(51)89(59)97(67)98(68)90(60)86(52,56)94(64)102(73)107(77)111(81)114(84)112(82)108(78)104(74)96(66)88(54,58)92(62)100(70)99(69)91(61)87(53,57)95(65)103(72)106(76)110(80)113(83)109(79)105(75)101(71)93(63,85)115(89)119(97)120(98)116(90,94)124(102)128(107)133(111)136(114)134(112)130(108)126(104)118(92,96)122(100)121(99)117(91,95)125(103)129(106)132(110)135(113)131(109)127(105)123(101,115)137(119)138(120,124)142(128)141(127,137)145(131)146(133,142)150(136)148(134)144(130)140(122,126)139(121,125)143(129,144)147(132,148)149(135,145)150/h5-46H,1-4H2. The Labute approximate surface area is 830 Å². The summed E-state index contributed by atoms with van der Waals surface area (Å²) < 4.78 is 0. The van der Waals surface area contributed by atoms with Gasteiger partial charge in [-0.1, -0.05) is 0 Å². The molecule has 136 unspecified atom stereocenters. The Balaban J connectivity index is 0.499. The van der Waals surface area contributed by atoms with Crippen LogP contribution in [0.2, 0.25) is 0 Å². The summed E-state index contributed by atoms with van der Waals surface area (Å²) in [6, 6.07) is 0. The average Bonchev–Trinajstić information content (AvgIpc) is 0.382. The van der Waals surface area contributed by atoms with Crippen molar-refractivity contribution in [2.75, 3.05) is 0 Å². The van der Waals surface area contributed by atoms with E-state index >= 15 is 0 Å². The van der Waals surface area contributed by atoms with Crippen LogP contribution in [0.1, 0.15) is 25.7 Å². The first kappa shape index (κ1) is 44.0. The molecule has 126 aliphatic carbocycles. The van der Waals surface area contributed by atoms with E-state index in [1.165, 1.54) is 584 Å². The zero-order valence-electron chi connectivity index (χ0n) is 79.1. The van der Waals surface area contributed by atoms with Crippen molar-refractivity contribution in [2.45, 2.75) is 25.7 Å². The van der Waals surface area contributed by atoms with Gasteiger partial charge in [-0.25, -0.2) is 0 Å². The van der Waals surface area contributed by atoms with Crippen LogP contribution in [0.25, 0.3) is 0 Å². The van der Waals surface area contributed by atoms with E-state index in [2.05, 4.69) is 0 Å². The van der Waals surface area contributed by atoms with Gasteiger partial charge in [-0.15, -0.1) is 0 Å². The minimum Gasteiger partial charge on any atom is -0.0458 e. The molecule has 0 amide bonds. The third-order valence-corrected chi connectivity index (χ3v) is 147. The highest BCUT2D eigenvalue weighted by Gasteiger charge is 3.99. The van der Waals surface area contributed by atoms with E-state index in [0.29, 0.717) is 0 Å². The number of fused-ring (bicyclic) bond motifs is 38. The summed E-state index contributed by atoms with van der Waals surface area (Å²) >= 11 is 0. The first-order chi connectivity index (χ1) is 74.8. The first-order valence-electron chi connectivity index (χ1n) is 74.8. The lowest BCUT2D eigenvalue weighted by atomic mass is 8.13. The molecule has 0 aromatic heterocycles. The zero-order chi connectivity index (χ0) is 79.1. The molecule has 136 atom stereocenters. The van der Waals surface area contributed by atoms with Crippen LogP contribution in [-0.4, -0.2) is 0 Å². The van der Waals surface area contributed by atoms with Gasteiger partial charge >= 0.3 is 0 Å². The van der Waals surface area contributed by atoms with Crippen LogP contribution in [0.5, 0.6) is 0 Å². The molecule has 0 N–H and O–H groups in total. The molecule has 0 heterocycles. The van der Waals surface area contributed by atoms with Gasteiger partial charge in [-0.2, -0.15) is 0 Å². The molecule has 0 saturated heterocycles. The van der Waals surface area contributed by atoms with Gasteiger partial charge in [0.15, 0.2) is 0 Å². The molecule has 0 radical (unpaired) electrons. The maximum atomic E-state index is 1.99. The summed E-state index contributed by atoms with van der Waals surface area (Å²) in [6.07, 6.45) is 7.96. The van der Waals surface area contributed by atoms with Crippen molar-refractivity contribution in [3.05, 3.63) is 336 Å². The quantitative estimate of drug-likeness (QED) is 0.227. The molecule has 104 spiro atoms. The van der Waals surface area contributed by atoms with Crippen LogP contribution in [0, 0.1) is 812 Å². The second-order valence-electron chi connectivity index (χ2n) is 104. The highest BCUT2D eigenvalue weighted by molar-refractivity contribution is 7.12. The second-order valence-corrected chi connectivity index (χ2v) is 104. The summed E-state index contributed by atoms with van der Waals surface area (Å²) in [5.41, 5.74) is 122. The van der Waals surface area contributed by atoms with Crippen LogP contribution in [0.4, 0.5) is 0 Å².